The van der Waals surface area contributed by atoms with Crippen LogP contribution in [0.5, 0.6) is 5.75 Å². The number of nitrogens with zero attached hydrogens (tertiary/aromatic N) is 1. The molecule has 19 heavy (non-hydrogen) atoms. The first-order valence-corrected chi connectivity index (χ1v) is 7.33. The number of ether oxygens (including phenoxy) is 1. The van der Waals surface area contributed by atoms with Gasteiger partial charge in [-0.15, -0.1) is 0 Å². The summed E-state index contributed by atoms with van der Waals surface area (Å²) in [6, 6.07) is 9.67. The fourth-order valence-electron chi connectivity index (χ4n) is 2.71. The quantitative estimate of drug-likeness (QED) is 0.903. The van der Waals surface area contributed by atoms with E-state index in [0.29, 0.717) is 12.1 Å². The van der Waals surface area contributed by atoms with Crippen LogP contribution < -0.4 is 10.1 Å². The molecule has 2 unspecified atom stereocenters. The molecule has 3 nitrogen and oxygen atoms in total. The topological polar surface area (TPSA) is 24.5 Å². The van der Waals surface area contributed by atoms with Gasteiger partial charge in [0.2, 0.25) is 0 Å². The van der Waals surface area contributed by atoms with Gasteiger partial charge in [0.25, 0.3) is 0 Å². The molecule has 2 rings (SSSR count). The van der Waals surface area contributed by atoms with Crippen LogP contribution in [0.1, 0.15) is 32.3 Å². The van der Waals surface area contributed by atoms with Gasteiger partial charge in [-0.05, 0) is 44.0 Å². The Labute approximate surface area is 116 Å². The highest BCUT2D eigenvalue weighted by molar-refractivity contribution is 5.28. The van der Waals surface area contributed by atoms with Gasteiger partial charge in [0, 0.05) is 25.2 Å². The molecule has 1 N–H and O–H groups in total. The van der Waals surface area contributed by atoms with Gasteiger partial charge in [-0.1, -0.05) is 19.1 Å². The van der Waals surface area contributed by atoms with E-state index in [2.05, 4.69) is 42.3 Å². The molecular weight excluding hydrogens is 236 g/mol. The molecule has 0 amide bonds. The summed E-state index contributed by atoms with van der Waals surface area (Å²) in [5.41, 5.74) is 1.34. The molecule has 1 heterocycles. The first-order chi connectivity index (χ1) is 9.22. The van der Waals surface area contributed by atoms with Crippen LogP contribution >= 0.6 is 0 Å². The molecule has 1 aliphatic heterocycles. The van der Waals surface area contributed by atoms with Crippen LogP contribution in [-0.2, 0) is 6.54 Å². The molecule has 1 aliphatic rings. The standard InChI is InChI=1S/C16H26N2O/c1-4-15-12-18(13(2)8-9-17-15)11-14-6-5-7-16(10-14)19-3/h5-7,10,13,15,17H,4,8-9,11-12H2,1-3H3. The van der Waals surface area contributed by atoms with Crippen molar-refractivity contribution in [3.63, 3.8) is 0 Å². The third-order valence-corrected chi connectivity index (χ3v) is 4.09. The summed E-state index contributed by atoms with van der Waals surface area (Å²) in [4.78, 5) is 2.59. The first kappa shape index (κ1) is 14.4. The van der Waals surface area contributed by atoms with Gasteiger partial charge in [-0.2, -0.15) is 0 Å². The molecular formula is C16H26N2O. The first-order valence-electron chi connectivity index (χ1n) is 7.33. The summed E-state index contributed by atoms with van der Waals surface area (Å²) in [7, 11) is 1.73. The molecule has 0 bridgehead atoms. The van der Waals surface area contributed by atoms with Gasteiger partial charge in [0.05, 0.1) is 7.11 Å². The van der Waals surface area contributed by atoms with E-state index in [1.54, 1.807) is 7.11 Å². The number of hydrogen-bond acceptors (Lipinski definition) is 3. The summed E-state index contributed by atoms with van der Waals surface area (Å²) >= 11 is 0. The highest BCUT2D eigenvalue weighted by atomic mass is 16.5. The number of rotatable bonds is 4. The van der Waals surface area contributed by atoms with Gasteiger partial charge in [-0.25, -0.2) is 0 Å². The second-order valence-corrected chi connectivity index (χ2v) is 5.48. The van der Waals surface area contributed by atoms with Gasteiger partial charge >= 0.3 is 0 Å². The zero-order chi connectivity index (χ0) is 13.7. The van der Waals surface area contributed by atoms with Crippen molar-refractivity contribution in [2.45, 2.75) is 45.3 Å². The maximum absolute atomic E-state index is 5.31. The number of hydrogen-bond donors (Lipinski definition) is 1. The smallest absolute Gasteiger partial charge is 0.119 e. The van der Waals surface area contributed by atoms with E-state index in [9.17, 15) is 0 Å². The Morgan fingerprint density at radius 3 is 3.00 bits per heavy atom. The Morgan fingerprint density at radius 2 is 2.26 bits per heavy atom. The Hall–Kier alpha value is -1.06. The molecule has 0 aliphatic carbocycles. The zero-order valence-corrected chi connectivity index (χ0v) is 12.4. The minimum Gasteiger partial charge on any atom is -0.497 e. The largest absolute Gasteiger partial charge is 0.497 e. The SMILES string of the molecule is CCC1CN(Cc2cccc(OC)c2)C(C)CCN1. The molecule has 1 fully saturated rings. The van der Waals surface area contributed by atoms with Crippen LogP contribution in [0.3, 0.4) is 0 Å². The van der Waals surface area contributed by atoms with Gasteiger partial charge < -0.3 is 10.1 Å². The number of nitrogens with one attached hydrogen (secondary N) is 1. The average Bonchev–Trinajstić information content (AvgIpc) is 2.61. The lowest BCUT2D eigenvalue weighted by Crippen LogP contribution is -2.39. The highest BCUT2D eigenvalue weighted by Gasteiger charge is 2.21. The van der Waals surface area contributed by atoms with Crippen LogP contribution in [0.4, 0.5) is 0 Å². The molecule has 1 aromatic carbocycles. The van der Waals surface area contributed by atoms with Crippen molar-refractivity contribution in [1.82, 2.24) is 10.2 Å². The van der Waals surface area contributed by atoms with Crippen LogP contribution in [0.2, 0.25) is 0 Å². The summed E-state index contributed by atoms with van der Waals surface area (Å²) in [5, 5.41) is 3.63. The molecule has 1 saturated heterocycles. The Bertz CT molecular complexity index is 394. The molecule has 0 saturated carbocycles. The average molecular weight is 262 g/mol. The summed E-state index contributed by atoms with van der Waals surface area (Å²) in [5.74, 6) is 0.949. The van der Waals surface area contributed by atoms with Gasteiger partial charge in [-0.3, -0.25) is 4.90 Å². The van der Waals surface area contributed by atoms with Crippen molar-refractivity contribution in [1.29, 1.82) is 0 Å². The minimum atomic E-state index is 0.621. The lowest BCUT2D eigenvalue weighted by atomic mass is 10.1. The second kappa shape index (κ2) is 6.92. The molecule has 106 valence electrons. The van der Waals surface area contributed by atoms with E-state index >= 15 is 0 Å². The molecule has 2 atom stereocenters. The van der Waals surface area contributed by atoms with Crippen LogP contribution in [-0.4, -0.2) is 37.2 Å². The summed E-state index contributed by atoms with van der Waals surface area (Å²) in [6.07, 6.45) is 2.42. The van der Waals surface area contributed by atoms with Crippen LogP contribution in [0, 0.1) is 0 Å². The summed E-state index contributed by atoms with van der Waals surface area (Å²) < 4.78 is 5.31. The molecule has 3 heteroatoms. The van der Waals surface area contributed by atoms with Crippen molar-refractivity contribution in [3.8, 4) is 5.75 Å². The van der Waals surface area contributed by atoms with Crippen LogP contribution in [0.15, 0.2) is 24.3 Å². The van der Waals surface area contributed by atoms with Crippen molar-refractivity contribution < 1.29 is 4.74 Å². The third-order valence-electron chi connectivity index (χ3n) is 4.09. The fourth-order valence-corrected chi connectivity index (χ4v) is 2.71. The molecule has 0 radical (unpaired) electrons. The monoisotopic (exact) mass is 262 g/mol. The molecule has 0 spiro atoms. The molecule has 1 aromatic rings. The lowest BCUT2D eigenvalue weighted by molar-refractivity contribution is 0.194. The van der Waals surface area contributed by atoms with E-state index in [0.717, 1.165) is 25.4 Å². The lowest BCUT2D eigenvalue weighted by Gasteiger charge is -2.29. The van der Waals surface area contributed by atoms with Crippen molar-refractivity contribution in [2.75, 3.05) is 20.2 Å². The van der Waals surface area contributed by atoms with E-state index in [1.807, 2.05) is 6.07 Å². The van der Waals surface area contributed by atoms with E-state index in [-0.39, 0.29) is 0 Å². The zero-order valence-electron chi connectivity index (χ0n) is 12.4. The highest BCUT2D eigenvalue weighted by Crippen LogP contribution is 2.18. The van der Waals surface area contributed by atoms with Gasteiger partial charge in [0.15, 0.2) is 0 Å². The van der Waals surface area contributed by atoms with E-state index in [4.69, 9.17) is 4.74 Å². The van der Waals surface area contributed by atoms with E-state index < -0.39 is 0 Å². The van der Waals surface area contributed by atoms with Crippen molar-refractivity contribution in [3.05, 3.63) is 29.8 Å². The second-order valence-electron chi connectivity index (χ2n) is 5.48. The Kier molecular flexibility index (Phi) is 5.23. The summed E-state index contributed by atoms with van der Waals surface area (Å²) in [6.45, 7) is 7.87. The fraction of sp³-hybridized carbons (Fsp3) is 0.625. The number of benzene rings is 1. The van der Waals surface area contributed by atoms with Gasteiger partial charge in [0.1, 0.15) is 5.75 Å². The van der Waals surface area contributed by atoms with Crippen molar-refractivity contribution >= 4 is 0 Å². The maximum Gasteiger partial charge on any atom is 0.119 e. The maximum atomic E-state index is 5.31. The predicted octanol–water partition coefficient (Wildman–Crippen LogP) is 2.66. The third kappa shape index (κ3) is 3.95. The van der Waals surface area contributed by atoms with E-state index in [1.165, 1.54) is 18.4 Å². The number of methoxy groups -OCH3 is 1. The molecule has 0 aromatic heterocycles. The normalized spacial score (nSPS) is 25.0. The minimum absolute atomic E-state index is 0.621. The Balaban J connectivity index is 2.05. The predicted molar refractivity (Wildman–Crippen MR) is 79.6 cm³/mol. The Morgan fingerprint density at radius 1 is 1.42 bits per heavy atom. The van der Waals surface area contributed by atoms with Crippen molar-refractivity contribution in [2.24, 2.45) is 0 Å². The van der Waals surface area contributed by atoms with Crippen LogP contribution in [0.25, 0.3) is 0 Å².